The Kier molecular flexibility index (Phi) is 4.39. The van der Waals surface area contributed by atoms with E-state index in [9.17, 15) is 4.79 Å². The van der Waals surface area contributed by atoms with Crippen molar-refractivity contribution in [3.05, 3.63) is 60.4 Å². The first-order chi connectivity index (χ1) is 9.18. The molecule has 1 aromatic carbocycles. The van der Waals surface area contributed by atoms with Crippen LogP contribution in [0.2, 0.25) is 0 Å². The third kappa shape index (κ3) is 3.47. The first kappa shape index (κ1) is 13.4. The van der Waals surface area contributed by atoms with E-state index in [0.29, 0.717) is 0 Å². The highest BCUT2D eigenvalue weighted by Crippen LogP contribution is 2.14. The third-order valence-electron chi connectivity index (χ3n) is 3.37. The van der Waals surface area contributed by atoms with Crippen LogP contribution in [0.5, 0.6) is 0 Å². The predicted octanol–water partition coefficient (Wildman–Crippen LogP) is 3.40. The molecule has 0 radical (unpaired) electrons. The highest BCUT2D eigenvalue weighted by Gasteiger charge is 2.20. The summed E-state index contributed by atoms with van der Waals surface area (Å²) in [5.74, 6) is 0. The molecule has 0 fully saturated rings. The molecule has 0 saturated carbocycles. The number of carbonyl (C=O) groups excluding carboxylic acids is 1. The van der Waals surface area contributed by atoms with E-state index in [-0.39, 0.29) is 6.03 Å². The van der Waals surface area contributed by atoms with E-state index < -0.39 is 0 Å². The van der Waals surface area contributed by atoms with Gasteiger partial charge in [-0.1, -0.05) is 36.9 Å². The molecule has 0 bridgehead atoms. The van der Waals surface area contributed by atoms with Crippen LogP contribution in [0.4, 0.5) is 4.79 Å². The predicted molar refractivity (Wildman–Crippen MR) is 77.5 cm³/mol. The lowest BCUT2D eigenvalue weighted by Gasteiger charge is -2.29. The summed E-state index contributed by atoms with van der Waals surface area (Å²) in [5.41, 5.74) is 2.10. The van der Waals surface area contributed by atoms with Gasteiger partial charge >= 0.3 is 6.03 Å². The third-order valence-corrected chi connectivity index (χ3v) is 3.37. The van der Waals surface area contributed by atoms with Crippen LogP contribution in [-0.4, -0.2) is 29.4 Å². The van der Waals surface area contributed by atoms with Gasteiger partial charge in [0.2, 0.25) is 0 Å². The Bertz CT molecular complexity index is 479. The molecule has 0 aromatic heterocycles. The number of benzene rings is 1. The smallest absolute Gasteiger partial charge is 0.301 e. The zero-order valence-electron chi connectivity index (χ0n) is 11.4. The number of aryl methyl sites for hydroxylation is 1. The largest absolute Gasteiger partial charge is 0.328 e. The topological polar surface area (TPSA) is 23.6 Å². The van der Waals surface area contributed by atoms with Crippen molar-refractivity contribution in [2.75, 3.05) is 13.6 Å². The number of urea groups is 1. The summed E-state index contributed by atoms with van der Waals surface area (Å²) in [6.45, 7) is 4.57. The molecule has 3 heteroatoms. The van der Waals surface area contributed by atoms with Gasteiger partial charge in [-0.05, 0) is 30.9 Å². The summed E-state index contributed by atoms with van der Waals surface area (Å²) in [7, 11) is 1.76. The van der Waals surface area contributed by atoms with Crippen molar-refractivity contribution in [3.8, 4) is 0 Å². The average molecular weight is 256 g/mol. The van der Waals surface area contributed by atoms with E-state index in [4.69, 9.17) is 0 Å². The molecule has 2 amide bonds. The van der Waals surface area contributed by atoms with Crippen molar-refractivity contribution in [3.63, 3.8) is 0 Å². The van der Waals surface area contributed by atoms with Crippen LogP contribution >= 0.6 is 0 Å². The van der Waals surface area contributed by atoms with Crippen molar-refractivity contribution in [1.82, 2.24) is 9.80 Å². The normalized spacial score (nSPS) is 15.2. The SMILES string of the molecule is C=C1C=CN(CCCCc2ccccc2)C(=O)N1C. The minimum absolute atomic E-state index is 0.00668. The number of carbonyl (C=O) groups is 1. The fraction of sp³-hybridized carbons (Fsp3) is 0.312. The second kappa shape index (κ2) is 6.23. The molecule has 1 aliphatic rings. The number of amides is 2. The van der Waals surface area contributed by atoms with Crippen molar-refractivity contribution < 1.29 is 4.79 Å². The van der Waals surface area contributed by atoms with Gasteiger partial charge in [-0.3, -0.25) is 4.90 Å². The number of unbranched alkanes of at least 4 members (excludes halogenated alkanes) is 1. The lowest BCUT2D eigenvalue weighted by atomic mass is 10.1. The summed E-state index contributed by atoms with van der Waals surface area (Å²) >= 11 is 0. The molecule has 2 rings (SSSR count). The second-order valence-corrected chi connectivity index (χ2v) is 4.78. The van der Waals surface area contributed by atoms with Crippen LogP contribution in [0.15, 0.2) is 54.9 Å². The summed E-state index contributed by atoms with van der Waals surface area (Å²) in [6, 6.07) is 10.4. The maximum atomic E-state index is 11.9. The van der Waals surface area contributed by atoms with E-state index in [1.54, 1.807) is 16.8 Å². The molecular formula is C16H20N2O. The molecule has 1 aromatic rings. The minimum Gasteiger partial charge on any atom is -0.301 e. The minimum atomic E-state index is 0.00668. The van der Waals surface area contributed by atoms with Gasteiger partial charge in [0.25, 0.3) is 0 Å². The maximum absolute atomic E-state index is 11.9. The zero-order chi connectivity index (χ0) is 13.7. The fourth-order valence-electron chi connectivity index (χ4n) is 2.09. The lowest BCUT2D eigenvalue weighted by Crippen LogP contribution is -2.40. The molecule has 0 N–H and O–H groups in total. The molecule has 0 aliphatic carbocycles. The summed E-state index contributed by atoms with van der Waals surface area (Å²) in [6.07, 6.45) is 6.86. The van der Waals surface area contributed by atoms with Crippen LogP contribution < -0.4 is 0 Å². The van der Waals surface area contributed by atoms with Gasteiger partial charge in [0.15, 0.2) is 0 Å². The Labute approximate surface area is 114 Å². The second-order valence-electron chi connectivity index (χ2n) is 4.78. The number of likely N-dealkylation sites (N-methyl/N-ethyl adjacent to an activating group) is 1. The van der Waals surface area contributed by atoms with Crippen molar-refractivity contribution >= 4 is 6.03 Å². The van der Waals surface area contributed by atoms with Crippen LogP contribution in [0.25, 0.3) is 0 Å². The number of rotatable bonds is 5. The highest BCUT2D eigenvalue weighted by molar-refractivity contribution is 5.79. The monoisotopic (exact) mass is 256 g/mol. The van der Waals surface area contributed by atoms with E-state index >= 15 is 0 Å². The van der Waals surface area contributed by atoms with Gasteiger partial charge in [-0.2, -0.15) is 0 Å². The van der Waals surface area contributed by atoms with Crippen LogP contribution in [0, 0.1) is 0 Å². The molecule has 3 nitrogen and oxygen atoms in total. The average Bonchev–Trinajstić information content (AvgIpc) is 2.44. The molecule has 0 spiro atoms. The summed E-state index contributed by atoms with van der Waals surface area (Å²) in [4.78, 5) is 15.3. The molecule has 100 valence electrons. The van der Waals surface area contributed by atoms with Gasteiger partial charge in [0.05, 0.1) is 0 Å². The van der Waals surface area contributed by atoms with Gasteiger partial charge in [0.1, 0.15) is 0 Å². The van der Waals surface area contributed by atoms with E-state index in [0.717, 1.165) is 31.5 Å². The number of hydrogen-bond acceptors (Lipinski definition) is 1. The van der Waals surface area contributed by atoms with E-state index in [1.165, 1.54) is 5.56 Å². The summed E-state index contributed by atoms with van der Waals surface area (Å²) < 4.78 is 0. The molecule has 1 heterocycles. The standard InChI is InChI=1S/C16H20N2O/c1-14-11-13-18(16(19)17(14)2)12-7-6-10-15-8-4-3-5-9-15/h3-5,8-9,11,13H,1,6-7,10,12H2,2H3. The lowest BCUT2D eigenvalue weighted by molar-refractivity contribution is 0.187. The first-order valence-corrected chi connectivity index (χ1v) is 6.64. The van der Waals surface area contributed by atoms with Gasteiger partial charge < -0.3 is 4.90 Å². The Balaban J connectivity index is 1.76. The zero-order valence-corrected chi connectivity index (χ0v) is 11.4. The van der Waals surface area contributed by atoms with Crippen LogP contribution in [0.1, 0.15) is 18.4 Å². The van der Waals surface area contributed by atoms with Gasteiger partial charge in [-0.25, -0.2) is 4.79 Å². The van der Waals surface area contributed by atoms with E-state index in [1.807, 2.05) is 18.3 Å². The number of allylic oxidation sites excluding steroid dienone is 1. The molecular weight excluding hydrogens is 236 g/mol. The summed E-state index contributed by atoms with van der Waals surface area (Å²) in [5, 5.41) is 0. The van der Waals surface area contributed by atoms with Crippen LogP contribution in [0.3, 0.4) is 0 Å². The van der Waals surface area contributed by atoms with Gasteiger partial charge in [-0.15, -0.1) is 0 Å². The molecule has 0 unspecified atom stereocenters. The van der Waals surface area contributed by atoms with Crippen LogP contribution in [-0.2, 0) is 6.42 Å². The molecule has 0 atom stereocenters. The Morgan fingerprint density at radius 1 is 1.16 bits per heavy atom. The maximum Gasteiger partial charge on any atom is 0.328 e. The van der Waals surface area contributed by atoms with Crippen molar-refractivity contribution in [2.45, 2.75) is 19.3 Å². The van der Waals surface area contributed by atoms with Crippen molar-refractivity contribution in [1.29, 1.82) is 0 Å². The first-order valence-electron chi connectivity index (χ1n) is 6.64. The van der Waals surface area contributed by atoms with Crippen molar-refractivity contribution in [2.24, 2.45) is 0 Å². The Hall–Kier alpha value is -2.03. The number of hydrogen-bond donors (Lipinski definition) is 0. The Morgan fingerprint density at radius 3 is 2.63 bits per heavy atom. The number of nitrogens with zero attached hydrogens (tertiary/aromatic N) is 2. The molecule has 0 saturated heterocycles. The quantitative estimate of drug-likeness (QED) is 0.741. The Morgan fingerprint density at radius 2 is 1.89 bits per heavy atom. The van der Waals surface area contributed by atoms with Gasteiger partial charge in [0, 0.05) is 25.5 Å². The highest BCUT2D eigenvalue weighted by atomic mass is 16.2. The van der Waals surface area contributed by atoms with E-state index in [2.05, 4.69) is 30.8 Å². The molecule has 1 aliphatic heterocycles. The fourth-order valence-corrected chi connectivity index (χ4v) is 2.09. The molecule has 19 heavy (non-hydrogen) atoms.